The van der Waals surface area contributed by atoms with E-state index in [0.29, 0.717) is 12.2 Å². The first-order valence-electron chi connectivity index (χ1n) is 6.68. The second kappa shape index (κ2) is 6.34. The molecular formula is C14H17FN2O3S. The summed E-state index contributed by atoms with van der Waals surface area (Å²) >= 11 is 1.43. The molecule has 1 fully saturated rings. The summed E-state index contributed by atoms with van der Waals surface area (Å²) in [5.74, 6) is -1.92. The minimum absolute atomic E-state index is 0.0184. The number of amides is 1. The van der Waals surface area contributed by atoms with Crippen LogP contribution in [0.2, 0.25) is 0 Å². The minimum atomic E-state index is -1.05. The van der Waals surface area contributed by atoms with E-state index in [2.05, 4.69) is 0 Å². The van der Waals surface area contributed by atoms with Crippen molar-refractivity contribution in [2.75, 3.05) is 11.5 Å². The highest BCUT2D eigenvalue weighted by molar-refractivity contribution is 8.00. The molecule has 21 heavy (non-hydrogen) atoms. The van der Waals surface area contributed by atoms with Crippen LogP contribution in [0.15, 0.2) is 18.2 Å². The highest BCUT2D eigenvalue weighted by Crippen LogP contribution is 2.34. The van der Waals surface area contributed by atoms with Crippen LogP contribution in [0.3, 0.4) is 0 Å². The monoisotopic (exact) mass is 312 g/mol. The van der Waals surface area contributed by atoms with E-state index in [0.717, 1.165) is 6.42 Å². The summed E-state index contributed by atoms with van der Waals surface area (Å²) in [6.45, 7) is 1.97. The maximum Gasteiger partial charge on any atom is 0.327 e. The molecule has 2 atom stereocenters. The lowest BCUT2D eigenvalue weighted by molar-refractivity contribution is -0.141. The number of thioether (sulfide) groups is 1. The van der Waals surface area contributed by atoms with Gasteiger partial charge >= 0.3 is 5.97 Å². The molecule has 1 saturated heterocycles. The van der Waals surface area contributed by atoms with Crippen molar-refractivity contribution >= 4 is 29.3 Å². The Kier molecular flexibility index (Phi) is 4.72. The zero-order valence-corrected chi connectivity index (χ0v) is 12.4. The average Bonchev–Trinajstić information content (AvgIpc) is 2.85. The van der Waals surface area contributed by atoms with E-state index in [4.69, 9.17) is 5.73 Å². The Labute approximate surface area is 126 Å². The second-order valence-corrected chi connectivity index (χ2v) is 6.06. The number of hydrogen-bond acceptors (Lipinski definition) is 4. The van der Waals surface area contributed by atoms with Crippen molar-refractivity contribution in [3.8, 4) is 0 Å². The van der Waals surface area contributed by atoms with Gasteiger partial charge in [-0.15, -0.1) is 11.8 Å². The maximum absolute atomic E-state index is 13.5. The lowest BCUT2D eigenvalue weighted by atomic mass is 10.1. The van der Waals surface area contributed by atoms with Gasteiger partial charge in [0.25, 0.3) is 5.91 Å². The minimum Gasteiger partial charge on any atom is -0.480 e. The summed E-state index contributed by atoms with van der Waals surface area (Å²) in [4.78, 5) is 25.3. The van der Waals surface area contributed by atoms with Crippen molar-refractivity contribution < 1.29 is 19.1 Å². The molecule has 1 aromatic rings. The highest BCUT2D eigenvalue weighted by Gasteiger charge is 2.41. The van der Waals surface area contributed by atoms with Gasteiger partial charge < -0.3 is 15.7 Å². The average molecular weight is 312 g/mol. The number of nitrogens with zero attached hydrogens (tertiary/aromatic N) is 1. The summed E-state index contributed by atoms with van der Waals surface area (Å²) in [5, 5.41) is 9.06. The number of hydrogen-bond donors (Lipinski definition) is 2. The van der Waals surface area contributed by atoms with E-state index in [1.807, 2.05) is 6.92 Å². The first kappa shape index (κ1) is 15.6. The van der Waals surface area contributed by atoms with Crippen LogP contribution in [0, 0.1) is 5.82 Å². The first-order valence-corrected chi connectivity index (χ1v) is 7.73. The number of carbonyl (C=O) groups is 2. The van der Waals surface area contributed by atoms with Gasteiger partial charge in [0.1, 0.15) is 11.9 Å². The molecule has 7 heteroatoms. The van der Waals surface area contributed by atoms with Gasteiger partial charge in [-0.05, 0) is 18.6 Å². The van der Waals surface area contributed by atoms with Crippen LogP contribution in [0.4, 0.5) is 10.1 Å². The number of nitrogens with two attached hydrogens (primary N) is 1. The molecule has 1 heterocycles. The van der Waals surface area contributed by atoms with E-state index in [1.54, 1.807) is 0 Å². The Bertz CT molecular complexity index is 567. The zero-order valence-electron chi connectivity index (χ0n) is 11.6. The Morgan fingerprint density at radius 2 is 2.24 bits per heavy atom. The summed E-state index contributed by atoms with van der Waals surface area (Å²) < 4.78 is 13.5. The Morgan fingerprint density at radius 3 is 2.86 bits per heavy atom. The summed E-state index contributed by atoms with van der Waals surface area (Å²) in [5.41, 5.74) is 5.40. The van der Waals surface area contributed by atoms with Crippen molar-refractivity contribution in [1.82, 2.24) is 4.90 Å². The van der Waals surface area contributed by atoms with Gasteiger partial charge in [-0.1, -0.05) is 19.4 Å². The molecule has 1 aromatic carbocycles. The molecule has 0 aromatic heterocycles. The normalized spacial score (nSPS) is 21.5. The zero-order chi connectivity index (χ0) is 15.6. The van der Waals surface area contributed by atoms with Crippen LogP contribution < -0.4 is 5.73 Å². The lowest BCUT2D eigenvalue weighted by Gasteiger charge is -2.27. The number of carbonyl (C=O) groups excluding carboxylic acids is 1. The third-order valence-corrected chi connectivity index (χ3v) is 4.79. The number of carboxylic acid groups (broad SMARTS) is 1. The quantitative estimate of drug-likeness (QED) is 0.833. The van der Waals surface area contributed by atoms with E-state index in [1.165, 1.54) is 34.9 Å². The smallest absolute Gasteiger partial charge is 0.327 e. The molecule has 1 aliphatic heterocycles. The first-order chi connectivity index (χ1) is 9.97. The van der Waals surface area contributed by atoms with Crippen LogP contribution in [0.1, 0.15) is 30.1 Å². The topological polar surface area (TPSA) is 83.6 Å². The molecule has 0 spiro atoms. The van der Waals surface area contributed by atoms with Crippen LogP contribution in [0.25, 0.3) is 0 Å². The van der Waals surface area contributed by atoms with Gasteiger partial charge in [0, 0.05) is 5.75 Å². The van der Waals surface area contributed by atoms with Crippen molar-refractivity contribution in [1.29, 1.82) is 0 Å². The van der Waals surface area contributed by atoms with Gasteiger partial charge in [0.05, 0.1) is 16.6 Å². The molecule has 3 N–H and O–H groups in total. The van der Waals surface area contributed by atoms with E-state index >= 15 is 0 Å². The predicted octanol–water partition coefficient (Wildman–Crippen LogP) is 2.18. The number of carboxylic acids is 1. The van der Waals surface area contributed by atoms with Crippen LogP contribution in [-0.4, -0.2) is 39.1 Å². The molecule has 0 bridgehead atoms. The van der Waals surface area contributed by atoms with Crippen molar-refractivity contribution in [3.05, 3.63) is 29.6 Å². The number of nitrogen functional groups attached to an aromatic ring is 1. The lowest BCUT2D eigenvalue weighted by Crippen LogP contribution is -2.45. The van der Waals surface area contributed by atoms with Crippen molar-refractivity contribution in [3.63, 3.8) is 0 Å². The van der Waals surface area contributed by atoms with Crippen LogP contribution in [0.5, 0.6) is 0 Å². The van der Waals surface area contributed by atoms with E-state index in [-0.39, 0.29) is 16.6 Å². The molecular weight excluding hydrogens is 295 g/mol. The van der Waals surface area contributed by atoms with Gasteiger partial charge in [0.15, 0.2) is 0 Å². The molecule has 1 aliphatic rings. The highest BCUT2D eigenvalue weighted by atomic mass is 32.2. The number of rotatable bonds is 4. The number of halogens is 1. The molecule has 2 unspecified atom stereocenters. The Morgan fingerprint density at radius 1 is 1.52 bits per heavy atom. The summed E-state index contributed by atoms with van der Waals surface area (Å²) in [6, 6.07) is 3.09. The fourth-order valence-electron chi connectivity index (χ4n) is 2.36. The Hall–Kier alpha value is -1.76. The molecule has 114 valence electrons. The third kappa shape index (κ3) is 2.97. The fourth-order valence-corrected chi connectivity index (χ4v) is 3.87. The molecule has 0 radical (unpaired) electrons. The van der Waals surface area contributed by atoms with Gasteiger partial charge in [-0.25, -0.2) is 9.18 Å². The van der Waals surface area contributed by atoms with Crippen LogP contribution >= 0.6 is 11.8 Å². The van der Waals surface area contributed by atoms with Gasteiger partial charge in [0.2, 0.25) is 0 Å². The molecule has 2 rings (SSSR count). The summed E-state index contributed by atoms with van der Waals surface area (Å²) in [7, 11) is 0. The molecule has 0 saturated carbocycles. The predicted molar refractivity (Wildman–Crippen MR) is 79.6 cm³/mol. The van der Waals surface area contributed by atoms with Crippen molar-refractivity contribution in [2.45, 2.75) is 31.2 Å². The number of para-hydroxylation sites is 1. The third-order valence-electron chi connectivity index (χ3n) is 3.43. The number of benzene rings is 1. The van der Waals surface area contributed by atoms with Gasteiger partial charge in [-0.2, -0.15) is 0 Å². The molecule has 0 aliphatic carbocycles. The number of aliphatic carboxylic acids is 1. The SMILES string of the molecule is CCCC1SCC(C(=O)O)N1C(=O)c1cccc(F)c1N. The van der Waals surface area contributed by atoms with E-state index in [9.17, 15) is 19.1 Å². The molecule has 5 nitrogen and oxygen atoms in total. The molecule has 1 amide bonds. The van der Waals surface area contributed by atoms with Crippen LogP contribution in [-0.2, 0) is 4.79 Å². The second-order valence-electron chi connectivity index (χ2n) is 4.84. The maximum atomic E-state index is 13.5. The van der Waals surface area contributed by atoms with Gasteiger partial charge in [-0.3, -0.25) is 4.79 Å². The standard InChI is InChI=1S/C14H17FN2O3S/c1-2-4-11-17(10(7-21-11)14(19)20)13(18)8-5-3-6-9(15)12(8)16/h3,5-6,10-11H,2,4,7,16H2,1H3,(H,19,20). The summed E-state index contributed by atoms with van der Waals surface area (Å²) in [6.07, 6.45) is 1.52. The number of anilines is 1. The van der Waals surface area contributed by atoms with E-state index < -0.39 is 23.7 Å². The largest absolute Gasteiger partial charge is 0.480 e. The Balaban J connectivity index is 2.37. The fraction of sp³-hybridized carbons (Fsp3) is 0.429. The van der Waals surface area contributed by atoms with Crippen molar-refractivity contribution in [2.24, 2.45) is 0 Å².